The lowest BCUT2D eigenvalue weighted by molar-refractivity contribution is 0.0724. The summed E-state index contributed by atoms with van der Waals surface area (Å²) < 4.78 is 5.22. The van der Waals surface area contributed by atoms with E-state index in [1.54, 1.807) is 30.3 Å². The van der Waals surface area contributed by atoms with Gasteiger partial charge in [-0.2, -0.15) is 0 Å². The lowest BCUT2D eigenvalue weighted by atomic mass is 10.2. The minimum atomic E-state index is -0.0716. The second-order valence-electron chi connectivity index (χ2n) is 3.74. The van der Waals surface area contributed by atoms with E-state index in [1.165, 1.54) is 0 Å². The number of likely N-dealkylation sites (tertiary alicyclic amines) is 1. The van der Waals surface area contributed by atoms with E-state index in [4.69, 9.17) is 16.3 Å². The highest BCUT2D eigenvalue weighted by Gasteiger charge is 2.27. The average molecular weight is 241 g/mol. The van der Waals surface area contributed by atoms with Crippen molar-refractivity contribution in [3.8, 4) is 0 Å². The Morgan fingerprint density at radius 3 is 3.12 bits per heavy atom. The topological polar surface area (TPSA) is 42.4 Å². The van der Waals surface area contributed by atoms with Crippen molar-refractivity contribution in [1.82, 2.24) is 9.88 Å². The molecule has 1 aromatic rings. The van der Waals surface area contributed by atoms with Crippen LogP contribution in [0.5, 0.6) is 0 Å². The predicted molar refractivity (Wildman–Crippen MR) is 60.6 cm³/mol. The largest absolute Gasteiger partial charge is 0.380 e. The van der Waals surface area contributed by atoms with Gasteiger partial charge in [0.05, 0.1) is 11.7 Å². The first kappa shape index (κ1) is 11.4. The van der Waals surface area contributed by atoms with E-state index in [-0.39, 0.29) is 17.2 Å². The molecule has 4 nitrogen and oxygen atoms in total. The van der Waals surface area contributed by atoms with Gasteiger partial charge in [0, 0.05) is 26.4 Å². The molecule has 0 aliphatic carbocycles. The van der Waals surface area contributed by atoms with Crippen molar-refractivity contribution in [3.63, 3.8) is 0 Å². The molecule has 1 aromatic heterocycles. The van der Waals surface area contributed by atoms with Crippen molar-refractivity contribution in [1.29, 1.82) is 0 Å². The maximum Gasteiger partial charge on any atom is 0.257 e. The number of pyridine rings is 1. The van der Waals surface area contributed by atoms with Gasteiger partial charge in [0.1, 0.15) is 5.15 Å². The van der Waals surface area contributed by atoms with E-state index in [0.29, 0.717) is 18.7 Å². The standard InChI is InChI=1S/C11H13ClN2O2/c1-16-8-4-6-14(7-8)11(15)9-3-2-5-13-10(9)12/h2-3,5,8H,4,6-7H2,1H3. The number of halogens is 1. The molecule has 0 bridgehead atoms. The molecule has 1 aliphatic rings. The van der Waals surface area contributed by atoms with Crippen molar-refractivity contribution in [2.75, 3.05) is 20.2 Å². The number of hydrogen-bond acceptors (Lipinski definition) is 3. The summed E-state index contributed by atoms with van der Waals surface area (Å²) in [5, 5.41) is 0.258. The summed E-state index contributed by atoms with van der Waals surface area (Å²) in [7, 11) is 1.66. The van der Waals surface area contributed by atoms with Gasteiger partial charge in [0.2, 0.25) is 0 Å². The molecule has 1 aliphatic heterocycles. The van der Waals surface area contributed by atoms with Gasteiger partial charge in [0.15, 0.2) is 0 Å². The number of carbonyl (C=O) groups is 1. The second kappa shape index (κ2) is 4.80. The molecule has 1 unspecified atom stereocenters. The van der Waals surface area contributed by atoms with E-state index in [2.05, 4.69) is 4.98 Å². The van der Waals surface area contributed by atoms with Gasteiger partial charge in [0.25, 0.3) is 5.91 Å². The summed E-state index contributed by atoms with van der Waals surface area (Å²) in [6.45, 7) is 1.34. The molecule has 0 aromatic carbocycles. The molecule has 1 amide bonds. The van der Waals surface area contributed by atoms with Crippen LogP contribution in [0.25, 0.3) is 0 Å². The fourth-order valence-corrected chi connectivity index (χ4v) is 2.02. The fraction of sp³-hybridized carbons (Fsp3) is 0.455. The molecule has 2 rings (SSSR count). The average Bonchev–Trinajstić information content (AvgIpc) is 2.77. The van der Waals surface area contributed by atoms with Crippen LogP contribution in [0.2, 0.25) is 5.15 Å². The zero-order valence-corrected chi connectivity index (χ0v) is 9.78. The van der Waals surface area contributed by atoms with E-state index >= 15 is 0 Å². The number of nitrogens with zero attached hydrogens (tertiary/aromatic N) is 2. The van der Waals surface area contributed by atoms with E-state index in [9.17, 15) is 4.79 Å². The highest BCUT2D eigenvalue weighted by Crippen LogP contribution is 2.19. The number of carbonyl (C=O) groups excluding carboxylic acids is 1. The van der Waals surface area contributed by atoms with E-state index < -0.39 is 0 Å². The zero-order chi connectivity index (χ0) is 11.5. The number of rotatable bonds is 2. The molecule has 86 valence electrons. The number of ether oxygens (including phenoxy) is 1. The van der Waals surface area contributed by atoms with Crippen LogP contribution in [0, 0.1) is 0 Å². The Morgan fingerprint density at radius 1 is 1.69 bits per heavy atom. The SMILES string of the molecule is COC1CCN(C(=O)c2cccnc2Cl)C1. The van der Waals surface area contributed by atoms with Gasteiger partial charge in [-0.15, -0.1) is 0 Å². The van der Waals surface area contributed by atoms with Gasteiger partial charge in [-0.3, -0.25) is 4.79 Å². The van der Waals surface area contributed by atoms with E-state index in [1.807, 2.05) is 0 Å². The lowest BCUT2D eigenvalue weighted by Gasteiger charge is -2.16. The van der Waals surface area contributed by atoms with Crippen molar-refractivity contribution < 1.29 is 9.53 Å². The quantitative estimate of drug-likeness (QED) is 0.738. The van der Waals surface area contributed by atoms with Crippen LogP contribution in [0.4, 0.5) is 0 Å². The van der Waals surface area contributed by atoms with Gasteiger partial charge < -0.3 is 9.64 Å². The van der Waals surface area contributed by atoms with Crippen LogP contribution in [0.3, 0.4) is 0 Å². The summed E-state index contributed by atoms with van der Waals surface area (Å²) in [6.07, 6.45) is 2.58. The molecule has 1 saturated heterocycles. The van der Waals surface area contributed by atoms with Crippen molar-refractivity contribution in [2.24, 2.45) is 0 Å². The molecule has 2 heterocycles. The second-order valence-corrected chi connectivity index (χ2v) is 4.10. The maximum absolute atomic E-state index is 12.1. The summed E-state index contributed by atoms with van der Waals surface area (Å²) >= 11 is 5.88. The Balaban J connectivity index is 2.12. The Labute approximate surface area is 99.2 Å². The predicted octanol–water partition coefficient (Wildman–Crippen LogP) is 1.60. The monoisotopic (exact) mass is 240 g/mol. The highest BCUT2D eigenvalue weighted by molar-refractivity contribution is 6.32. The molecule has 5 heteroatoms. The summed E-state index contributed by atoms with van der Waals surface area (Å²) in [4.78, 5) is 17.7. The van der Waals surface area contributed by atoms with Gasteiger partial charge >= 0.3 is 0 Å². The van der Waals surface area contributed by atoms with Crippen LogP contribution in [0.1, 0.15) is 16.8 Å². The van der Waals surface area contributed by atoms with Crippen LogP contribution in [-0.2, 0) is 4.74 Å². The molecule has 1 atom stereocenters. The molecule has 0 saturated carbocycles. The first-order valence-electron chi connectivity index (χ1n) is 5.15. The van der Waals surface area contributed by atoms with Crippen LogP contribution >= 0.6 is 11.6 Å². The van der Waals surface area contributed by atoms with Gasteiger partial charge in [-0.25, -0.2) is 4.98 Å². The third-order valence-corrected chi connectivity index (χ3v) is 3.06. The Kier molecular flexibility index (Phi) is 3.41. The van der Waals surface area contributed by atoms with Crippen molar-refractivity contribution >= 4 is 17.5 Å². The lowest BCUT2D eigenvalue weighted by Crippen LogP contribution is -2.30. The number of aromatic nitrogens is 1. The Morgan fingerprint density at radius 2 is 2.50 bits per heavy atom. The Hall–Kier alpha value is -1.13. The highest BCUT2D eigenvalue weighted by atomic mass is 35.5. The van der Waals surface area contributed by atoms with Crippen LogP contribution < -0.4 is 0 Å². The third-order valence-electron chi connectivity index (χ3n) is 2.76. The van der Waals surface area contributed by atoms with E-state index in [0.717, 1.165) is 6.42 Å². The number of hydrogen-bond donors (Lipinski definition) is 0. The summed E-state index contributed by atoms with van der Waals surface area (Å²) in [5.41, 5.74) is 0.459. The molecule has 1 fully saturated rings. The van der Waals surface area contributed by atoms with Gasteiger partial charge in [-0.1, -0.05) is 11.6 Å². The smallest absolute Gasteiger partial charge is 0.257 e. The molecule has 0 radical (unpaired) electrons. The van der Waals surface area contributed by atoms with Crippen LogP contribution in [0.15, 0.2) is 18.3 Å². The molecule has 0 spiro atoms. The molecular formula is C11H13ClN2O2. The van der Waals surface area contributed by atoms with Crippen molar-refractivity contribution in [3.05, 3.63) is 29.0 Å². The summed E-state index contributed by atoms with van der Waals surface area (Å²) in [5.74, 6) is -0.0716. The zero-order valence-electron chi connectivity index (χ0n) is 9.02. The minimum absolute atomic E-state index is 0.0716. The maximum atomic E-state index is 12.1. The number of methoxy groups -OCH3 is 1. The third kappa shape index (κ3) is 2.18. The minimum Gasteiger partial charge on any atom is -0.380 e. The van der Waals surface area contributed by atoms with Gasteiger partial charge in [-0.05, 0) is 18.6 Å². The molecular weight excluding hydrogens is 228 g/mol. The fourth-order valence-electron chi connectivity index (χ4n) is 1.82. The first-order valence-corrected chi connectivity index (χ1v) is 5.52. The molecule has 16 heavy (non-hydrogen) atoms. The van der Waals surface area contributed by atoms with Crippen LogP contribution in [-0.4, -0.2) is 42.1 Å². The molecule has 0 N–H and O–H groups in total. The number of amides is 1. The first-order chi connectivity index (χ1) is 7.72. The normalized spacial score (nSPS) is 20.1. The van der Waals surface area contributed by atoms with Crippen molar-refractivity contribution in [2.45, 2.75) is 12.5 Å². The summed E-state index contributed by atoms with van der Waals surface area (Å²) in [6, 6.07) is 3.40. The Bertz CT molecular complexity index is 397.